The first-order valence-corrected chi connectivity index (χ1v) is 16.2. The van der Waals surface area contributed by atoms with E-state index in [1.165, 1.54) is 33.4 Å². The van der Waals surface area contributed by atoms with Gasteiger partial charge in [0.1, 0.15) is 11.2 Å². The van der Waals surface area contributed by atoms with Gasteiger partial charge < -0.3 is 4.42 Å². The Morgan fingerprint density at radius 1 is 0.521 bits per heavy atom. The lowest BCUT2D eigenvalue weighted by atomic mass is 9.81. The van der Waals surface area contributed by atoms with E-state index < -0.39 is 0 Å². The van der Waals surface area contributed by atoms with Crippen molar-refractivity contribution >= 4 is 21.9 Å². The Morgan fingerprint density at radius 2 is 1.06 bits per heavy atom. The first-order valence-electron chi connectivity index (χ1n) is 16.2. The molecule has 0 fully saturated rings. The van der Waals surface area contributed by atoms with Crippen LogP contribution in [0.5, 0.6) is 0 Å². The van der Waals surface area contributed by atoms with Gasteiger partial charge in [-0.25, -0.2) is 0 Å². The molecule has 9 rings (SSSR count). The molecule has 0 saturated carbocycles. The van der Waals surface area contributed by atoms with Crippen molar-refractivity contribution in [2.75, 3.05) is 0 Å². The second-order valence-corrected chi connectivity index (χ2v) is 13.1. The first kappa shape index (κ1) is 28.0. The third kappa shape index (κ3) is 4.31. The van der Waals surface area contributed by atoms with E-state index in [1.807, 2.05) is 24.4 Å². The largest absolute Gasteiger partial charge is 0.455 e. The summed E-state index contributed by atoms with van der Waals surface area (Å²) in [4.78, 5) is 4.27. The number of furan rings is 1. The molecule has 0 bridgehead atoms. The number of nitriles is 1. The van der Waals surface area contributed by atoms with Crippen LogP contribution in [-0.4, -0.2) is 4.98 Å². The number of rotatable bonds is 4. The first-order chi connectivity index (χ1) is 23.5. The number of aromatic nitrogens is 1. The topological polar surface area (TPSA) is 49.8 Å². The smallest absolute Gasteiger partial charge is 0.143 e. The van der Waals surface area contributed by atoms with Crippen LogP contribution in [0.15, 0.2) is 150 Å². The van der Waals surface area contributed by atoms with Gasteiger partial charge in [0, 0.05) is 39.7 Å². The lowest BCUT2D eigenvalue weighted by Crippen LogP contribution is -2.15. The van der Waals surface area contributed by atoms with Crippen LogP contribution < -0.4 is 0 Å². The Hall–Kier alpha value is -6.24. The molecule has 8 aromatic rings. The molecule has 0 spiro atoms. The molecule has 0 atom stereocenters. The van der Waals surface area contributed by atoms with Gasteiger partial charge in [0.2, 0.25) is 0 Å². The third-order valence-corrected chi connectivity index (χ3v) is 10.0. The molecule has 0 N–H and O–H groups in total. The van der Waals surface area contributed by atoms with Crippen LogP contribution in [0.1, 0.15) is 30.5 Å². The fourth-order valence-corrected chi connectivity index (χ4v) is 7.48. The Kier molecular flexibility index (Phi) is 6.22. The summed E-state index contributed by atoms with van der Waals surface area (Å²) in [6.45, 7) is 4.51. The molecule has 0 saturated heterocycles. The van der Waals surface area contributed by atoms with Gasteiger partial charge in [-0.3, -0.25) is 4.98 Å². The number of para-hydroxylation sites is 2. The van der Waals surface area contributed by atoms with Crippen LogP contribution >= 0.6 is 0 Å². The monoisotopic (exact) mass is 614 g/mol. The van der Waals surface area contributed by atoms with Crippen molar-refractivity contribution in [1.82, 2.24) is 4.98 Å². The van der Waals surface area contributed by atoms with E-state index >= 15 is 0 Å². The number of hydrogen-bond acceptors (Lipinski definition) is 3. The van der Waals surface area contributed by atoms with Crippen LogP contribution in [-0.2, 0) is 5.41 Å². The molecule has 0 unspecified atom stereocenters. The molecule has 0 radical (unpaired) electrons. The summed E-state index contributed by atoms with van der Waals surface area (Å²) in [5, 5.41) is 11.7. The highest BCUT2D eigenvalue weighted by molar-refractivity contribution is 6.13. The van der Waals surface area contributed by atoms with E-state index in [4.69, 9.17) is 4.42 Å². The van der Waals surface area contributed by atoms with Gasteiger partial charge in [0.25, 0.3) is 0 Å². The van der Waals surface area contributed by atoms with Crippen LogP contribution in [0.4, 0.5) is 0 Å². The summed E-state index contributed by atoms with van der Waals surface area (Å²) in [6, 6.07) is 49.4. The summed E-state index contributed by atoms with van der Waals surface area (Å²) >= 11 is 0. The molecular formula is C45H30N2O. The lowest BCUT2D eigenvalue weighted by Gasteiger charge is -2.22. The van der Waals surface area contributed by atoms with E-state index in [2.05, 4.69) is 140 Å². The predicted octanol–water partition coefficient (Wildman–Crippen LogP) is 11.8. The zero-order chi connectivity index (χ0) is 32.4. The second kappa shape index (κ2) is 10.7. The zero-order valence-corrected chi connectivity index (χ0v) is 26.7. The number of nitrogens with zero attached hydrogens (tertiary/aromatic N) is 2. The number of pyridine rings is 1. The van der Waals surface area contributed by atoms with E-state index in [9.17, 15) is 5.26 Å². The van der Waals surface area contributed by atoms with Crippen molar-refractivity contribution in [3.8, 4) is 61.7 Å². The second-order valence-electron chi connectivity index (χ2n) is 13.1. The highest BCUT2D eigenvalue weighted by Crippen LogP contribution is 2.50. The van der Waals surface area contributed by atoms with E-state index in [1.54, 1.807) is 6.20 Å². The highest BCUT2D eigenvalue weighted by Gasteiger charge is 2.35. The maximum absolute atomic E-state index is 9.49. The number of hydrogen-bond donors (Lipinski definition) is 0. The Balaban J connectivity index is 1.07. The Bertz CT molecular complexity index is 2570. The molecule has 0 aliphatic heterocycles. The van der Waals surface area contributed by atoms with Crippen LogP contribution in [0.3, 0.4) is 0 Å². The molecule has 48 heavy (non-hydrogen) atoms. The summed E-state index contributed by atoms with van der Waals surface area (Å²) in [5.74, 6) is 0. The van der Waals surface area contributed by atoms with Gasteiger partial charge in [-0.1, -0.05) is 123 Å². The van der Waals surface area contributed by atoms with E-state index in [0.29, 0.717) is 5.56 Å². The zero-order valence-electron chi connectivity index (χ0n) is 26.7. The van der Waals surface area contributed by atoms with Crippen molar-refractivity contribution < 1.29 is 4.42 Å². The van der Waals surface area contributed by atoms with Crippen molar-refractivity contribution in [3.63, 3.8) is 0 Å². The van der Waals surface area contributed by atoms with Crippen LogP contribution in [0.2, 0.25) is 0 Å². The average molecular weight is 615 g/mol. The van der Waals surface area contributed by atoms with Gasteiger partial charge in [-0.2, -0.15) is 5.26 Å². The van der Waals surface area contributed by atoms with Gasteiger partial charge >= 0.3 is 0 Å². The Morgan fingerprint density at radius 3 is 1.65 bits per heavy atom. The summed E-state index contributed by atoms with van der Waals surface area (Å²) in [6.07, 6.45) is 3.69. The highest BCUT2D eigenvalue weighted by atomic mass is 16.3. The van der Waals surface area contributed by atoms with Gasteiger partial charge in [0.05, 0.1) is 11.6 Å². The SMILES string of the molecule is CC1(C)c2cc(C#N)ccc2-c2ccc(-c3ccc(-c4cccc5c4oc4c(-c6ccc(-c7cccnc7)cc6)cccc45)cc3)cc21. The van der Waals surface area contributed by atoms with Crippen molar-refractivity contribution in [2.24, 2.45) is 0 Å². The molecule has 0 amide bonds. The van der Waals surface area contributed by atoms with Crippen molar-refractivity contribution in [1.29, 1.82) is 5.26 Å². The third-order valence-electron chi connectivity index (χ3n) is 10.0. The molecule has 1 aliphatic carbocycles. The average Bonchev–Trinajstić information content (AvgIpc) is 3.64. The van der Waals surface area contributed by atoms with Crippen molar-refractivity contribution in [2.45, 2.75) is 19.3 Å². The standard InChI is InChI=1S/C45H30N2O/c1-45(2)41-24-28(26-46)11-21-37(41)38-22-20-33(25-42(38)45)29-12-16-31(17-13-29)35-7-3-9-39-40-10-4-8-36(44(40)48-43(35)39)32-18-14-30(15-19-32)34-6-5-23-47-27-34/h3-25,27H,1-2H3. The minimum atomic E-state index is -0.176. The predicted molar refractivity (Wildman–Crippen MR) is 196 cm³/mol. The van der Waals surface area contributed by atoms with E-state index in [-0.39, 0.29) is 5.41 Å². The normalized spacial score (nSPS) is 12.9. The molecule has 2 heterocycles. The molecule has 1 aliphatic rings. The van der Waals surface area contributed by atoms with Gasteiger partial charge in [-0.15, -0.1) is 0 Å². The molecule has 6 aromatic carbocycles. The fourth-order valence-electron chi connectivity index (χ4n) is 7.48. The Labute approximate surface area is 279 Å². The van der Waals surface area contributed by atoms with Gasteiger partial charge in [0.15, 0.2) is 0 Å². The maximum atomic E-state index is 9.49. The summed E-state index contributed by atoms with van der Waals surface area (Å²) in [5.41, 5.74) is 16.3. The quantitative estimate of drug-likeness (QED) is 0.198. The van der Waals surface area contributed by atoms with Crippen molar-refractivity contribution in [3.05, 3.63) is 163 Å². The minimum absolute atomic E-state index is 0.176. The fraction of sp³-hybridized carbons (Fsp3) is 0.0667. The number of benzene rings is 6. The minimum Gasteiger partial charge on any atom is -0.455 e. The summed E-state index contributed by atoms with van der Waals surface area (Å²) in [7, 11) is 0. The molecular weight excluding hydrogens is 585 g/mol. The lowest BCUT2D eigenvalue weighted by molar-refractivity contribution is 0.660. The number of fused-ring (bicyclic) bond motifs is 6. The van der Waals surface area contributed by atoms with E-state index in [0.717, 1.165) is 55.3 Å². The maximum Gasteiger partial charge on any atom is 0.143 e. The van der Waals surface area contributed by atoms with Crippen LogP contribution in [0, 0.1) is 11.3 Å². The van der Waals surface area contributed by atoms with Gasteiger partial charge in [-0.05, 0) is 79.9 Å². The van der Waals surface area contributed by atoms with Crippen LogP contribution in [0.25, 0.3) is 77.6 Å². The summed E-state index contributed by atoms with van der Waals surface area (Å²) < 4.78 is 6.74. The molecule has 3 nitrogen and oxygen atoms in total. The molecule has 2 aromatic heterocycles. The molecule has 3 heteroatoms. The molecule has 226 valence electrons.